The lowest BCUT2D eigenvalue weighted by Crippen LogP contribution is -2.07. The summed E-state index contributed by atoms with van der Waals surface area (Å²) in [6.45, 7) is 5.13. The molecule has 0 amide bonds. The molecule has 0 atom stereocenters. The van der Waals surface area contributed by atoms with Gasteiger partial charge in [-0.2, -0.15) is 5.10 Å². The van der Waals surface area contributed by atoms with Gasteiger partial charge in [0.1, 0.15) is 5.82 Å². The van der Waals surface area contributed by atoms with E-state index in [-0.39, 0.29) is 0 Å². The van der Waals surface area contributed by atoms with Crippen LogP contribution in [0.3, 0.4) is 0 Å². The number of hydrogen-bond acceptors (Lipinski definition) is 3. The zero-order chi connectivity index (χ0) is 12.1. The largest absolute Gasteiger partial charge is 0.368 e. The van der Waals surface area contributed by atoms with Gasteiger partial charge in [-0.3, -0.25) is 9.67 Å². The Bertz CT molecular complexity index is 447. The number of nitrogens with zero attached hydrogens (tertiary/aromatic N) is 3. The quantitative estimate of drug-likeness (QED) is 0.858. The van der Waals surface area contributed by atoms with Crippen LogP contribution in [0.4, 0.5) is 5.82 Å². The third kappa shape index (κ3) is 3.31. The molecule has 0 aromatic carbocycles. The van der Waals surface area contributed by atoms with Crippen LogP contribution in [0.15, 0.2) is 36.8 Å². The van der Waals surface area contributed by atoms with Crippen LogP contribution < -0.4 is 5.32 Å². The van der Waals surface area contributed by atoms with Crippen molar-refractivity contribution in [1.82, 2.24) is 14.8 Å². The van der Waals surface area contributed by atoms with Gasteiger partial charge in [0.25, 0.3) is 0 Å². The van der Waals surface area contributed by atoms with Gasteiger partial charge in [0.2, 0.25) is 0 Å². The zero-order valence-corrected chi connectivity index (χ0v) is 10.3. The molecule has 0 bridgehead atoms. The van der Waals surface area contributed by atoms with E-state index in [1.807, 2.05) is 41.5 Å². The van der Waals surface area contributed by atoms with Crippen molar-refractivity contribution in [3.8, 4) is 0 Å². The Balaban J connectivity index is 1.82. The summed E-state index contributed by atoms with van der Waals surface area (Å²) < 4.78 is 1.95. The summed E-state index contributed by atoms with van der Waals surface area (Å²) >= 11 is 0. The minimum atomic E-state index is 0.408. The monoisotopic (exact) mass is 230 g/mol. The van der Waals surface area contributed by atoms with Crippen molar-refractivity contribution in [3.05, 3.63) is 42.4 Å². The molecule has 1 N–H and O–H groups in total. The summed E-state index contributed by atoms with van der Waals surface area (Å²) in [6.07, 6.45) is 6.63. The fraction of sp³-hybridized carbons (Fsp3) is 0.385. The number of aromatic nitrogens is 3. The number of rotatable bonds is 5. The van der Waals surface area contributed by atoms with Gasteiger partial charge in [0.05, 0.1) is 0 Å². The van der Waals surface area contributed by atoms with E-state index >= 15 is 0 Å². The highest BCUT2D eigenvalue weighted by atomic mass is 15.3. The van der Waals surface area contributed by atoms with Gasteiger partial charge in [0.15, 0.2) is 0 Å². The van der Waals surface area contributed by atoms with Crippen LogP contribution in [0.5, 0.6) is 0 Å². The minimum absolute atomic E-state index is 0.408. The lowest BCUT2D eigenvalue weighted by molar-refractivity contribution is 0.534. The highest BCUT2D eigenvalue weighted by Crippen LogP contribution is 2.08. The van der Waals surface area contributed by atoms with E-state index < -0.39 is 0 Å². The molecule has 0 fully saturated rings. The Morgan fingerprint density at radius 2 is 2.00 bits per heavy atom. The Hall–Kier alpha value is -1.84. The van der Waals surface area contributed by atoms with Crippen molar-refractivity contribution in [3.63, 3.8) is 0 Å². The molecule has 17 heavy (non-hydrogen) atoms. The SMILES string of the molecule is CC(C)n1ccc(NCCc2ccncc2)n1. The van der Waals surface area contributed by atoms with Crippen molar-refractivity contribution < 1.29 is 0 Å². The van der Waals surface area contributed by atoms with E-state index in [2.05, 4.69) is 29.2 Å². The van der Waals surface area contributed by atoms with Crippen LogP contribution in [0, 0.1) is 0 Å². The maximum atomic E-state index is 4.43. The fourth-order valence-electron chi connectivity index (χ4n) is 1.60. The van der Waals surface area contributed by atoms with Crippen LogP contribution in [-0.2, 0) is 6.42 Å². The lowest BCUT2D eigenvalue weighted by atomic mass is 10.2. The molecule has 0 aliphatic heterocycles. The predicted molar refractivity (Wildman–Crippen MR) is 69.0 cm³/mol. The first kappa shape index (κ1) is 11.6. The highest BCUT2D eigenvalue weighted by molar-refractivity contribution is 5.32. The van der Waals surface area contributed by atoms with E-state index in [9.17, 15) is 0 Å². The maximum absolute atomic E-state index is 4.43. The van der Waals surface area contributed by atoms with E-state index in [0.717, 1.165) is 18.8 Å². The minimum Gasteiger partial charge on any atom is -0.368 e. The van der Waals surface area contributed by atoms with E-state index in [1.165, 1.54) is 5.56 Å². The van der Waals surface area contributed by atoms with Crippen molar-refractivity contribution >= 4 is 5.82 Å². The summed E-state index contributed by atoms with van der Waals surface area (Å²) in [5.41, 5.74) is 1.29. The smallest absolute Gasteiger partial charge is 0.148 e. The first-order valence-electron chi connectivity index (χ1n) is 5.93. The molecular formula is C13H18N4. The Morgan fingerprint density at radius 1 is 1.24 bits per heavy atom. The summed E-state index contributed by atoms with van der Waals surface area (Å²) in [4.78, 5) is 4.00. The Morgan fingerprint density at radius 3 is 2.65 bits per heavy atom. The molecule has 0 spiro atoms. The predicted octanol–water partition coefficient (Wildman–Crippen LogP) is 2.51. The molecular weight excluding hydrogens is 212 g/mol. The molecule has 4 heteroatoms. The number of pyridine rings is 1. The molecule has 4 nitrogen and oxygen atoms in total. The van der Waals surface area contributed by atoms with Crippen molar-refractivity contribution in [2.45, 2.75) is 26.3 Å². The summed E-state index contributed by atoms with van der Waals surface area (Å²) in [5, 5.41) is 7.75. The van der Waals surface area contributed by atoms with Gasteiger partial charge in [-0.25, -0.2) is 0 Å². The average Bonchev–Trinajstić information content (AvgIpc) is 2.79. The van der Waals surface area contributed by atoms with E-state index in [0.29, 0.717) is 6.04 Å². The molecule has 2 aromatic rings. The lowest BCUT2D eigenvalue weighted by Gasteiger charge is -2.05. The van der Waals surface area contributed by atoms with Gasteiger partial charge >= 0.3 is 0 Å². The molecule has 0 aliphatic carbocycles. The molecule has 0 unspecified atom stereocenters. The van der Waals surface area contributed by atoms with E-state index in [1.54, 1.807) is 0 Å². The van der Waals surface area contributed by atoms with Crippen molar-refractivity contribution in [2.75, 3.05) is 11.9 Å². The first-order valence-corrected chi connectivity index (χ1v) is 5.93. The van der Waals surface area contributed by atoms with Crippen LogP contribution in [0.25, 0.3) is 0 Å². The number of nitrogens with one attached hydrogen (secondary N) is 1. The second-order valence-electron chi connectivity index (χ2n) is 4.31. The van der Waals surface area contributed by atoms with Crippen LogP contribution >= 0.6 is 0 Å². The zero-order valence-electron chi connectivity index (χ0n) is 10.3. The van der Waals surface area contributed by atoms with Gasteiger partial charge in [-0.1, -0.05) is 0 Å². The fourth-order valence-corrected chi connectivity index (χ4v) is 1.60. The topological polar surface area (TPSA) is 42.7 Å². The Labute approximate surface area is 102 Å². The maximum Gasteiger partial charge on any atom is 0.148 e. The third-order valence-electron chi connectivity index (χ3n) is 2.61. The van der Waals surface area contributed by atoms with E-state index in [4.69, 9.17) is 0 Å². The summed E-state index contributed by atoms with van der Waals surface area (Å²) in [5.74, 6) is 0.938. The van der Waals surface area contributed by atoms with Crippen LogP contribution in [-0.4, -0.2) is 21.3 Å². The molecule has 2 rings (SSSR count). The third-order valence-corrected chi connectivity index (χ3v) is 2.61. The van der Waals surface area contributed by atoms with Gasteiger partial charge < -0.3 is 5.32 Å². The van der Waals surface area contributed by atoms with Crippen LogP contribution in [0.1, 0.15) is 25.5 Å². The van der Waals surface area contributed by atoms with Crippen molar-refractivity contribution in [2.24, 2.45) is 0 Å². The summed E-state index contributed by atoms with van der Waals surface area (Å²) in [7, 11) is 0. The van der Waals surface area contributed by atoms with Gasteiger partial charge in [-0.05, 0) is 38.0 Å². The first-order chi connectivity index (χ1) is 8.25. The van der Waals surface area contributed by atoms with Gasteiger partial charge in [0, 0.05) is 37.2 Å². The van der Waals surface area contributed by atoms with Crippen molar-refractivity contribution in [1.29, 1.82) is 0 Å². The van der Waals surface area contributed by atoms with Crippen LogP contribution in [0.2, 0.25) is 0 Å². The second-order valence-corrected chi connectivity index (χ2v) is 4.31. The summed E-state index contributed by atoms with van der Waals surface area (Å²) in [6, 6.07) is 6.49. The second kappa shape index (κ2) is 5.48. The Kier molecular flexibility index (Phi) is 3.75. The molecule has 0 radical (unpaired) electrons. The number of hydrogen-bond donors (Lipinski definition) is 1. The number of anilines is 1. The normalized spacial score (nSPS) is 10.8. The molecule has 0 saturated heterocycles. The molecule has 90 valence electrons. The average molecular weight is 230 g/mol. The molecule has 0 saturated carbocycles. The van der Waals surface area contributed by atoms with Gasteiger partial charge in [-0.15, -0.1) is 0 Å². The standard InChI is InChI=1S/C13H18N4/c1-11(2)17-10-6-13(16-17)15-9-5-12-3-7-14-8-4-12/h3-4,6-8,10-11H,5,9H2,1-2H3,(H,15,16). The molecule has 2 aromatic heterocycles. The molecule has 2 heterocycles. The molecule has 0 aliphatic rings. The highest BCUT2D eigenvalue weighted by Gasteiger charge is 2.00.